The quantitative estimate of drug-likeness (QED) is 0.587. The molecule has 1 atom stereocenters. The van der Waals surface area contributed by atoms with Gasteiger partial charge in [-0.15, -0.1) is 11.8 Å². The molecule has 0 aliphatic heterocycles. The van der Waals surface area contributed by atoms with Gasteiger partial charge in [0.15, 0.2) is 0 Å². The molecule has 0 amide bonds. The Hall–Kier alpha value is -0.120. The minimum Gasteiger partial charge on any atom is -0.317 e. The van der Waals surface area contributed by atoms with E-state index in [1.807, 2.05) is 18.8 Å². The van der Waals surface area contributed by atoms with Crippen LogP contribution < -0.4 is 5.32 Å². The zero-order valence-electron chi connectivity index (χ0n) is 9.36. The molecular formula is C12H19NS2. The van der Waals surface area contributed by atoms with E-state index in [-0.39, 0.29) is 0 Å². The fourth-order valence-corrected chi connectivity index (χ4v) is 2.39. The van der Waals surface area contributed by atoms with Gasteiger partial charge in [0.1, 0.15) is 0 Å². The van der Waals surface area contributed by atoms with Crippen molar-refractivity contribution in [3.63, 3.8) is 0 Å². The topological polar surface area (TPSA) is 12.0 Å². The maximum absolute atomic E-state index is 4.22. The smallest absolute Gasteiger partial charge is 0.00761 e. The Morgan fingerprint density at radius 1 is 1.47 bits per heavy atom. The summed E-state index contributed by atoms with van der Waals surface area (Å²) in [7, 11) is 2.00. The van der Waals surface area contributed by atoms with Crippen molar-refractivity contribution in [3.05, 3.63) is 29.8 Å². The molecule has 1 aromatic rings. The number of hydrogen-bond acceptors (Lipinski definition) is 3. The Kier molecular flexibility index (Phi) is 6.22. The molecule has 0 aliphatic carbocycles. The van der Waals surface area contributed by atoms with Crippen LogP contribution in [0.25, 0.3) is 0 Å². The van der Waals surface area contributed by atoms with Crippen LogP contribution in [0.1, 0.15) is 12.5 Å². The Balaban J connectivity index is 2.57. The second kappa shape index (κ2) is 7.20. The predicted molar refractivity (Wildman–Crippen MR) is 73.2 cm³/mol. The number of nitrogens with one attached hydrogen (secondary N) is 1. The fraction of sp³-hybridized carbons (Fsp3) is 0.500. The third-order valence-corrected chi connectivity index (χ3v) is 3.81. The molecule has 0 spiro atoms. The predicted octanol–water partition coefficient (Wildman–Crippen LogP) is 2.86. The molecule has 3 heteroatoms. The summed E-state index contributed by atoms with van der Waals surface area (Å²) in [6, 6.07) is 9.32. The van der Waals surface area contributed by atoms with Gasteiger partial charge in [0.25, 0.3) is 0 Å². The van der Waals surface area contributed by atoms with Crippen LogP contribution in [-0.2, 0) is 6.42 Å². The molecule has 0 fully saturated rings. The van der Waals surface area contributed by atoms with Crippen molar-refractivity contribution in [1.29, 1.82) is 0 Å². The second-order valence-corrected chi connectivity index (χ2v) is 5.23. The number of thioether (sulfide) groups is 1. The van der Waals surface area contributed by atoms with Gasteiger partial charge in [0, 0.05) is 16.7 Å². The van der Waals surface area contributed by atoms with Crippen LogP contribution in [0.3, 0.4) is 0 Å². The first kappa shape index (κ1) is 12.9. The summed E-state index contributed by atoms with van der Waals surface area (Å²) in [5.74, 6) is 2.01. The average molecular weight is 241 g/mol. The van der Waals surface area contributed by atoms with Crippen molar-refractivity contribution in [1.82, 2.24) is 5.32 Å². The van der Waals surface area contributed by atoms with Crippen LogP contribution in [-0.4, -0.2) is 24.6 Å². The fourth-order valence-electron chi connectivity index (χ4n) is 1.38. The summed E-state index contributed by atoms with van der Waals surface area (Å²) >= 11 is 6.09. The molecule has 1 rings (SSSR count). The summed E-state index contributed by atoms with van der Waals surface area (Å²) in [4.78, 5) is 1.35. The highest BCUT2D eigenvalue weighted by atomic mass is 32.2. The largest absolute Gasteiger partial charge is 0.317 e. The van der Waals surface area contributed by atoms with Crippen LogP contribution in [0.15, 0.2) is 29.2 Å². The first-order chi connectivity index (χ1) is 7.26. The minimum absolute atomic E-state index is 0.537. The standard InChI is InChI=1S/C12H19NS2/c1-10(13-2)8-11-4-3-5-12(9-11)15-7-6-14/h3-5,9-10,13-14H,6-8H2,1-2H3/t10-/m1/s1. The van der Waals surface area contributed by atoms with Crippen molar-refractivity contribution in [2.75, 3.05) is 18.6 Å². The number of thiol groups is 1. The molecule has 15 heavy (non-hydrogen) atoms. The Labute approximate surface area is 102 Å². The Bertz CT molecular complexity index is 289. The van der Waals surface area contributed by atoms with Crippen molar-refractivity contribution < 1.29 is 0 Å². The van der Waals surface area contributed by atoms with E-state index >= 15 is 0 Å². The maximum atomic E-state index is 4.22. The van der Waals surface area contributed by atoms with Gasteiger partial charge in [-0.1, -0.05) is 12.1 Å². The van der Waals surface area contributed by atoms with E-state index in [0.717, 1.165) is 17.9 Å². The summed E-state index contributed by atoms with van der Waals surface area (Å²) in [5.41, 5.74) is 1.40. The van der Waals surface area contributed by atoms with Crippen LogP contribution >= 0.6 is 24.4 Å². The van der Waals surface area contributed by atoms with Gasteiger partial charge in [-0.3, -0.25) is 0 Å². The van der Waals surface area contributed by atoms with Gasteiger partial charge in [0.05, 0.1) is 0 Å². The van der Waals surface area contributed by atoms with Gasteiger partial charge < -0.3 is 5.32 Å². The average Bonchev–Trinajstić information content (AvgIpc) is 2.26. The molecule has 1 N–H and O–H groups in total. The van der Waals surface area contributed by atoms with Gasteiger partial charge >= 0.3 is 0 Å². The van der Waals surface area contributed by atoms with Crippen molar-refractivity contribution in [3.8, 4) is 0 Å². The molecule has 0 saturated carbocycles. The normalized spacial score (nSPS) is 12.7. The molecule has 0 saturated heterocycles. The monoisotopic (exact) mass is 241 g/mol. The molecular weight excluding hydrogens is 222 g/mol. The minimum atomic E-state index is 0.537. The number of rotatable bonds is 6. The molecule has 0 radical (unpaired) electrons. The van der Waals surface area contributed by atoms with E-state index in [1.165, 1.54) is 10.5 Å². The Morgan fingerprint density at radius 3 is 2.93 bits per heavy atom. The summed E-state index contributed by atoms with van der Waals surface area (Å²) in [6.07, 6.45) is 1.09. The lowest BCUT2D eigenvalue weighted by molar-refractivity contribution is 0.608. The molecule has 0 unspecified atom stereocenters. The van der Waals surface area contributed by atoms with Crippen LogP contribution in [0.5, 0.6) is 0 Å². The van der Waals surface area contributed by atoms with Crippen molar-refractivity contribution in [2.45, 2.75) is 24.3 Å². The lowest BCUT2D eigenvalue weighted by Crippen LogP contribution is -2.23. The van der Waals surface area contributed by atoms with Gasteiger partial charge in [0.2, 0.25) is 0 Å². The zero-order chi connectivity index (χ0) is 11.1. The lowest BCUT2D eigenvalue weighted by Gasteiger charge is -2.10. The third-order valence-electron chi connectivity index (χ3n) is 2.29. The first-order valence-electron chi connectivity index (χ1n) is 5.26. The highest BCUT2D eigenvalue weighted by Crippen LogP contribution is 2.19. The number of hydrogen-bond donors (Lipinski definition) is 2. The molecule has 0 aliphatic rings. The Morgan fingerprint density at radius 2 is 2.27 bits per heavy atom. The van der Waals surface area contributed by atoms with E-state index in [2.05, 4.69) is 49.1 Å². The van der Waals surface area contributed by atoms with E-state index in [1.54, 1.807) is 0 Å². The first-order valence-corrected chi connectivity index (χ1v) is 6.88. The van der Waals surface area contributed by atoms with E-state index in [4.69, 9.17) is 0 Å². The molecule has 0 aromatic heterocycles. The molecule has 0 heterocycles. The van der Waals surface area contributed by atoms with E-state index in [9.17, 15) is 0 Å². The molecule has 1 nitrogen and oxygen atoms in total. The second-order valence-electron chi connectivity index (χ2n) is 3.61. The van der Waals surface area contributed by atoms with Gasteiger partial charge in [-0.2, -0.15) is 12.6 Å². The molecule has 0 bridgehead atoms. The zero-order valence-corrected chi connectivity index (χ0v) is 11.1. The maximum Gasteiger partial charge on any atom is 0.00761 e. The van der Waals surface area contributed by atoms with Gasteiger partial charge in [-0.05, 0) is 43.8 Å². The summed E-state index contributed by atoms with van der Waals surface area (Å²) in [6.45, 7) is 2.20. The van der Waals surface area contributed by atoms with Crippen LogP contribution in [0, 0.1) is 0 Å². The third kappa shape index (κ3) is 4.96. The summed E-state index contributed by atoms with van der Waals surface area (Å²) < 4.78 is 0. The molecule has 84 valence electrons. The highest BCUT2D eigenvalue weighted by molar-refractivity contribution is 8.00. The molecule has 1 aromatic carbocycles. The lowest BCUT2D eigenvalue weighted by atomic mass is 10.1. The SMILES string of the molecule is CN[C@H](C)Cc1cccc(SCCS)c1. The van der Waals surface area contributed by atoms with Crippen molar-refractivity contribution >= 4 is 24.4 Å². The van der Waals surface area contributed by atoms with Crippen molar-refractivity contribution in [2.24, 2.45) is 0 Å². The van der Waals surface area contributed by atoms with Crippen LogP contribution in [0.4, 0.5) is 0 Å². The number of benzene rings is 1. The van der Waals surface area contributed by atoms with Gasteiger partial charge in [-0.25, -0.2) is 0 Å². The number of likely N-dealkylation sites (N-methyl/N-ethyl adjacent to an activating group) is 1. The van der Waals surface area contributed by atoms with E-state index < -0.39 is 0 Å². The summed E-state index contributed by atoms with van der Waals surface area (Å²) in [5, 5.41) is 3.26. The van der Waals surface area contributed by atoms with E-state index in [0.29, 0.717) is 6.04 Å². The highest BCUT2D eigenvalue weighted by Gasteiger charge is 2.01. The van der Waals surface area contributed by atoms with Crippen LogP contribution in [0.2, 0.25) is 0 Å².